The van der Waals surface area contributed by atoms with Gasteiger partial charge in [-0.3, -0.25) is 4.98 Å². The van der Waals surface area contributed by atoms with Crippen molar-refractivity contribution in [1.82, 2.24) is 9.97 Å². The van der Waals surface area contributed by atoms with Crippen LogP contribution in [0.15, 0.2) is 53.7 Å². The van der Waals surface area contributed by atoms with Crippen LogP contribution in [0.4, 0.5) is 0 Å². The van der Waals surface area contributed by atoms with Crippen molar-refractivity contribution in [2.75, 3.05) is 13.4 Å². The van der Waals surface area contributed by atoms with E-state index < -0.39 is 0 Å². The minimum atomic E-state index is 0.507. The fourth-order valence-electron chi connectivity index (χ4n) is 2.23. The number of methoxy groups -OCH3 is 1. The summed E-state index contributed by atoms with van der Waals surface area (Å²) in [6.07, 6.45) is 5.47. The molecule has 0 spiro atoms. The van der Waals surface area contributed by atoms with Crippen LogP contribution in [0.2, 0.25) is 0 Å². The molecule has 3 aromatic rings. The second-order valence-corrected chi connectivity index (χ2v) is 5.55. The summed E-state index contributed by atoms with van der Waals surface area (Å²) >= 11 is 1.72. The van der Waals surface area contributed by atoms with Gasteiger partial charge in [0.1, 0.15) is 17.9 Å². The molecule has 2 aromatic heterocycles. The second-order valence-electron chi connectivity index (χ2n) is 4.67. The monoisotopic (exact) mass is 312 g/mol. The molecule has 0 saturated carbocycles. The van der Waals surface area contributed by atoms with Gasteiger partial charge >= 0.3 is 0 Å². The largest absolute Gasteiger partial charge is 0.488 e. The Morgan fingerprint density at radius 3 is 2.77 bits per heavy atom. The molecule has 0 aliphatic carbocycles. The fraction of sp³-hybridized carbons (Fsp3) is 0.176. The summed E-state index contributed by atoms with van der Waals surface area (Å²) in [4.78, 5) is 9.72. The molecule has 0 aliphatic rings. The van der Waals surface area contributed by atoms with Gasteiger partial charge in [0.05, 0.1) is 7.11 Å². The predicted octanol–water partition coefficient (Wildman–Crippen LogP) is 3.94. The van der Waals surface area contributed by atoms with Crippen LogP contribution in [0.5, 0.6) is 11.6 Å². The molecule has 0 amide bonds. The summed E-state index contributed by atoms with van der Waals surface area (Å²) in [5.41, 5.74) is 1.85. The minimum absolute atomic E-state index is 0.507. The molecule has 0 bridgehead atoms. The molecular weight excluding hydrogens is 296 g/mol. The average molecular weight is 312 g/mol. The van der Waals surface area contributed by atoms with Crippen LogP contribution < -0.4 is 9.47 Å². The quantitative estimate of drug-likeness (QED) is 0.668. The van der Waals surface area contributed by atoms with E-state index in [9.17, 15) is 0 Å². The third-order valence-electron chi connectivity index (χ3n) is 3.31. The van der Waals surface area contributed by atoms with Crippen molar-refractivity contribution < 1.29 is 9.47 Å². The van der Waals surface area contributed by atoms with Gasteiger partial charge in [-0.05, 0) is 36.1 Å². The van der Waals surface area contributed by atoms with E-state index in [2.05, 4.69) is 34.4 Å². The lowest BCUT2D eigenvalue weighted by molar-refractivity contribution is 0.309. The van der Waals surface area contributed by atoms with E-state index in [1.54, 1.807) is 31.3 Å². The smallest absolute Gasteiger partial charge is 0.240 e. The number of pyridine rings is 2. The summed E-state index contributed by atoms with van der Waals surface area (Å²) in [7, 11) is 1.59. The first-order chi connectivity index (χ1) is 10.8. The van der Waals surface area contributed by atoms with Crippen LogP contribution in [0.3, 0.4) is 0 Å². The highest BCUT2D eigenvalue weighted by Crippen LogP contribution is 2.29. The lowest BCUT2D eigenvalue weighted by Crippen LogP contribution is -1.98. The number of benzene rings is 1. The first-order valence-corrected chi connectivity index (χ1v) is 8.07. The van der Waals surface area contributed by atoms with Crippen molar-refractivity contribution in [3.8, 4) is 11.6 Å². The SMILES string of the molecule is COc1nccc2c(OCc3cccc(SC)c3)ccnc12. The van der Waals surface area contributed by atoms with Gasteiger partial charge in [0.2, 0.25) is 5.88 Å². The van der Waals surface area contributed by atoms with E-state index >= 15 is 0 Å². The highest BCUT2D eigenvalue weighted by atomic mass is 32.2. The van der Waals surface area contributed by atoms with Crippen LogP contribution in [0, 0.1) is 0 Å². The van der Waals surface area contributed by atoms with Gasteiger partial charge in [-0.15, -0.1) is 11.8 Å². The maximum Gasteiger partial charge on any atom is 0.240 e. The maximum absolute atomic E-state index is 5.97. The van der Waals surface area contributed by atoms with Crippen molar-refractivity contribution in [2.45, 2.75) is 11.5 Å². The van der Waals surface area contributed by atoms with Crippen molar-refractivity contribution >= 4 is 22.7 Å². The molecule has 112 valence electrons. The summed E-state index contributed by atoms with van der Waals surface area (Å²) in [6.45, 7) is 0.512. The van der Waals surface area contributed by atoms with E-state index in [1.165, 1.54) is 4.90 Å². The van der Waals surface area contributed by atoms with Gasteiger partial charge in [-0.25, -0.2) is 4.98 Å². The fourth-order valence-corrected chi connectivity index (χ4v) is 2.71. The molecule has 22 heavy (non-hydrogen) atoms. The van der Waals surface area contributed by atoms with Crippen LogP contribution in [-0.2, 0) is 6.61 Å². The zero-order chi connectivity index (χ0) is 15.4. The molecule has 3 rings (SSSR count). The minimum Gasteiger partial charge on any atom is -0.488 e. The summed E-state index contributed by atoms with van der Waals surface area (Å²) in [5.74, 6) is 1.28. The Morgan fingerprint density at radius 1 is 1.09 bits per heavy atom. The van der Waals surface area contributed by atoms with Crippen molar-refractivity contribution in [3.63, 3.8) is 0 Å². The van der Waals surface area contributed by atoms with E-state index in [0.29, 0.717) is 18.0 Å². The van der Waals surface area contributed by atoms with Gasteiger partial charge in [-0.1, -0.05) is 12.1 Å². The van der Waals surface area contributed by atoms with Crippen molar-refractivity contribution in [3.05, 3.63) is 54.4 Å². The van der Waals surface area contributed by atoms with Crippen LogP contribution >= 0.6 is 11.8 Å². The number of fused-ring (bicyclic) bond motifs is 1. The molecule has 5 heteroatoms. The Kier molecular flexibility index (Phi) is 4.44. The van der Waals surface area contributed by atoms with Crippen LogP contribution in [0.1, 0.15) is 5.56 Å². The predicted molar refractivity (Wildman–Crippen MR) is 88.6 cm³/mol. The average Bonchev–Trinajstić information content (AvgIpc) is 2.59. The molecule has 0 atom stereocenters. The Balaban J connectivity index is 1.87. The van der Waals surface area contributed by atoms with E-state index in [4.69, 9.17) is 9.47 Å². The van der Waals surface area contributed by atoms with E-state index in [0.717, 1.165) is 16.7 Å². The van der Waals surface area contributed by atoms with Gasteiger partial charge in [-0.2, -0.15) is 0 Å². The molecule has 4 nitrogen and oxygen atoms in total. The number of thioether (sulfide) groups is 1. The molecule has 1 aromatic carbocycles. The number of hydrogen-bond acceptors (Lipinski definition) is 5. The number of ether oxygens (including phenoxy) is 2. The van der Waals surface area contributed by atoms with Gasteiger partial charge in [0.25, 0.3) is 0 Å². The normalized spacial score (nSPS) is 10.6. The topological polar surface area (TPSA) is 44.2 Å². The summed E-state index contributed by atoms with van der Waals surface area (Å²) in [6, 6.07) is 12.1. The Labute approximate surface area is 133 Å². The molecule has 0 radical (unpaired) electrons. The zero-order valence-electron chi connectivity index (χ0n) is 12.4. The standard InChI is InChI=1S/C17H16N2O2S/c1-20-17-16-14(6-8-19-17)15(7-9-18-16)21-11-12-4-3-5-13(10-12)22-2/h3-10H,11H2,1-2H3. The van der Waals surface area contributed by atoms with E-state index in [1.807, 2.05) is 18.2 Å². The highest BCUT2D eigenvalue weighted by Gasteiger charge is 2.09. The Morgan fingerprint density at radius 2 is 1.95 bits per heavy atom. The second kappa shape index (κ2) is 6.66. The molecule has 0 N–H and O–H groups in total. The van der Waals surface area contributed by atoms with Gasteiger partial charge < -0.3 is 9.47 Å². The zero-order valence-corrected chi connectivity index (χ0v) is 13.3. The third-order valence-corrected chi connectivity index (χ3v) is 4.03. The molecule has 0 fully saturated rings. The van der Waals surface area contributed by atoms with E-state index in [-0.39, 0.29) is 0 Å². The van der Waals surface area contributed by atoms with Crippen molar-refractivity contribution in [1.29, 1.82) is 0 Å². The Hall–Kier alpha value is -2.27. The maximum atomic E-state index is 5.97. The molecule has 0 aliphatic heterocycles. The number of rotatable bonds is 5. The molecular formula is C17H16N2O2S. The van der Waals surface area contributed by atoms with Crippen LogP contribution in [0.25, 0.3) is 10.9 Å². The number of nitrogens with zero attached hydrogens (tertiary/aromatic N) is 2. The molecule has 2 heterocycles. The first kappa shape index (κ1) is 14.7. The van der Waals surface area contributed by atoms with Gasteiger partial charge in [0, 0.05) is 22.7 Å². The molecule has 0 unspecified atom stereocenters. The van der Waals surface area contributed by atoms with Gasteiger partial charge in [0.15, 0.2) is 0 Å². The Bertz CT molecular complexity index is 792. The van der Waals surface area contributed by atoms with Crippen LogP contribution in [-0.4, -0.2) is 23.3 Å². The number of hydrogen-bond donors (Lipinski definition) is 0. The molecule has 0 saturated heterocycles. The lowest BCUT2D eigenvalue weighted by atomic mass is 10.2. The lowest BCUT2D eigenvalue weighted by Gasteiger charge is -2.10. The third kappa shape index (κ3) is 2.99. The van der Waals surface area contributed by atoms with Crippen molar-refractivity contribution in [2.24, 2.45) is 0 Å². The highest BCUT2D eigenvalue weighted by molar-refractivity contribution is 7.98. The summed E-state index contributed by atoms with van der Waals surface area (Å²) in [5, 5.41) is 0.898. The first-order valence-electron chi connectivity index (χ1n) is 6.85. The summed E-state index contributed by atoms with van der Waals surface area (Å²) < 4.78 is 11.2. The number of aromatic nitrogens is 2.